The van der Waals surface area contributed by atoms with Crippen LogP contribution < -0.4 is 0 Å². The quantitative estimate of drug-likeness (QED) is 0.334. The van der Waals surface area contributed by atoms with Crippen LogP contribution in [0.25, 0.3) is 0 Å². The number of quaternary nitrogens is 1. The van der Waals surface area contributed by atoms with Crippen molar-refractivity contribution in [2.24, 2.45) is 10.9 Å². The number of benzene rings is 2. The van der Waals surface area contributed by atoms with Gasteiger partial charge in [-0.1, -0.05) is 61.3 Å². The topological polar surface area (TPSA) is 93.4 Å². The van der Waals surface area contributed by atoms with E-state index in [1.54, 1.807) is 0 Å². The van der Waals surface area contributed by atoms with Gasteiger partial charge in [0.1, 0.15) is 16.5 Å². The van der Waals surface area contributed by atoms with Crippen LogP contribution in [-0.2, 0) is 10.3 Å². The minimum Gasteiger partial charge on any atom is -0.395 e. The van der Waals surface area contributed by atoms with Gasteiger partial charge < -0.3 is 15.1 Å². The van der Waals surface area contributed by atoms with Crippen molar-refractivity contribution in [2.75, 3.05) is 32.8 Å². The molecule has 43 heavy (non-hydrogen) atoms. The minimum absolute atomic E-state index is 0.0550. The van der Waals surface area contributed by atoms with Crippen LogP contribution in [0.2, 0.25) is 10.0 Å². The summed E-state index contributed by atoms with van der Waals surface area (Å²) >= 11 is 13.9. The molecule has 11 heteroatoms. The number of rotatable bonds is 8. The molecule has 0 bridgehead atoms. The minimum atomic E-state index is -0.697. The number of hydrogen-bond acceptors (Lipinski definition) is 7. The summed E-state index contributed by atoms with van der Waals surface area (Å²) in [5, 5.41) is 21.3. The van der Waals surface area contributed by atoms with E-state index in [2.05, 4.69) is 25.7 Å². The smallest absolute Gasteiger partial charge is 0.395 e. The van der Waals surface area contributed by atoms with Crippen LogP contribution in [0.3, 0.4) is 0 Å². The van der Waals surface area contributed by atoms with Crippen molar-refractivity contribution < 1.29 is 24.3 Å². The first-order valence-electron chi connectivity index (χ1n) is 14.8. The molecule has 1 fully saturated rings. The summed E-state index contributed by atoms with van der Waals surface area (Å²) in [5.41, 5.74) is 2.13. The third-order valence-electron chi connectivity index (χ3n) is 8.96. The lowest BCUT2D eigenvalue weighted by Crippen LogP contribution is -2.64. The molecule has 1 saturated heterocycles. The molecule has 3 heterocycles. The van der Waals surface area contributed by atoms with E-state index >= 15 is 0 Å². The van der Waals surface area contributed by atoms with E-state index in [4.69, 9.17) is 28.2 Å². The Kier molecular flexibility index (Phi) is 9.33. The molecule has 3 aliphatic heterocycles. The van der Waals surface area contributed by atoms with Crippen molar-refractivity contribution >= 4 is 52.1 Å². The zero-order valence-electron chi connectivity index (χ0n) is 25.0. The predicted molar refractivity (Wildman–Crippen MR) is 172 cm³/mol. The summed E-state index contributed by atoms with van der Waals surface area (Å²) in [6.45, 7) is 8.15. The molecule has 0 radical (unpaired) electrons. The number of urea groups is 1. The van der Waals surface area contributed by atoms with Gasteiger partial charge in [-0.15, -0.1) is 0 Å². The summed E-state index contributed by atoms with van der Waals surface area (Å²) in [6, 6.07) is 14.6. The Morgan fingerprint density at radius 3 is 2.16 bits per heavy atom. The number of amides is 3. The number of nitrogens with zero attached hydrogens (tertiary/aromatic N) is 4. The molecule has 4 atom stereocenters. The van der Waals surface area contributed by atoms with E-state index in [0.717, 1.165) is 29.7 Å². The molecular weight excluding hydrogens is 607 g/mol. The highest BCUT2D eigenvalue weighted by molar-refractivity contribution is 8.18. The first kappa shape index (κ1) is 32.0. The highest BCUT2D eigenvalue weighted by atomic mass is 35.5. The lowest BCUT2D eigenvalue weighted by molar-refractivity contribution is -0.786. The van der Waals surface area contributed by atoms with Crippen molar-refractivity contribution in [1.82, 2.24) is 9.80 Å². The van der Waals surface area contributed by atoms with Crippen LogP contribution in [0.1, 0.15) is 57.7 Å². The molecule has 8 nitrogen and oxygen atoms in total. The second kappa shape index (κ2) is 12.5. The van der Waals surface area contributed by atoms with Gasteiger partial charge in [-0.3, -0.25) is 4.90 Å². The van der Waals surface area contributed by atoms with E-state index in [1.165, 1.54) is 16.7 Å². The molecule has 0 saturated carbocycles. The van der Waals surface area contributed by atoms with E-state index in [1.807, 2.05) is 55.5 Å². The molecule has 2 N–H and O–H groups in total. The van der Waals surface area contributed by atoms with Gasteiger partial charge in [-0.2, -0.15) is 4.48 Å². The number of likely N-dealkylation sites (tertiary alicyclic amines) is 1. The molecule has 3 amide bonds. The van der Waals surface area contributed by atoms with Crippen molar-refractivity contribution in [2.45, 2.75) is 58.2 Å². The van der Waals surface area contributed by atoms with Crippen LogP contribution in [-0.4, -0.2) is 80.5 Å². The van der Waals surface area contributed by atoms with Crippen molar-refractivity contribution in [3.63, 3.8) is 0 Å². The number of aliphatic hydroxyl groups is 2. The second-order valence-electron chi connectivity index (χ2n) is 11.9. The SMILES string of the molecule is CC(C)C1=C(C(=O)[N+]2(C(=O)N(CCO)CCO)CCC[C@H]2C)SC2=N[C@@](C)(c3ccc(Cl)cc3)[C@@H](c3ccc(Cl)cc3)N21. The Morgan fingerprint density at radius 2 is 1.65 bits per heavy atom. The molecule has 1 unspecified atom stereocenters. The van der Waals surface area contributed by atoms with E-state index in [9.17, 15) is 19.8 Å². The first-order chi connectivity index (χ1) is 20.5. The fourth-order valence-electron chi connectivity index (χ4n) is 6.79. The fourth-order valence-corrected chi connectivity index (χ4v) is 8.45. The molecule has 0 aromatic heterocycles. The number of halogens is 2. The Labute approximate surface area is 267 Å². The van der Waals surface area contributed by atoms with Crippen LogP contribution in [0.5, 0.6) is 0 Å². The van der Waals surface area contributed by atoms with Crippen LogP contribution in [0.15, 0.2) is 64.1 Å². The molecule has 0 aliphatic carbocycles. The highest BCUT2D eigenvalue weighted by Gasteiger charge is 2.60. The molecule has 2 aromatic carbocycles. The van der Waals surface area contributed by atoms with Gasteiger partial charge in [0.05, 0.1) is 25.8 Å². The first-order valence-corrected chi connectivity index (χ1v) is 16.3. The monoisotopic (exact) mass is 645 g/mol. The van der Waals surface area contributed by atoms with Crippen molar-refractivity contribution in [3.8, 4) is 0 Å². The number of amidine groups is 1. The van der Waals surface area contributed by atoms with Crippen molar-refractivity contribution in [3.05, 3.63) is 80.3 Å². The largest absolute Gasteiger partial charge is 0.427 e. The molecular formula is C32H39Cl2N4O4S+. The van der Waals surface area contributed by atoms with Gasteiger partial charge in [0, 0.05) is 41.7 Å². The van der Waals surface area contributed by atoms with Crippen molar-refractivity contribution in [1.29, 1.82) is 0 Å². The van der Waals surface area contributed by atoms with Gasteiger partial charge in [0.2, 0.25) is 0 Å². The zero-order valence-corrected chi connectivity index (χ0v) is 27.3. The Hall–Kier alpha value is -2.40. The van der Waals surface area contributed by atoms with E-state index in [0.29, 0.717) is 26.7 Å². The van der Waals surface area contributed by atoms with Gasteiger partial charge in [-0.05, 0) is 66.9 Å². The van der Waals surface area contributed by atoms with Crippen LogP contribution >= 0.6 is 35.0 Å². The average molecular weight is 647 g/mol. The van der Waals surface area contributed by atoms with Gasteiger partial charge in [0.15, 0.2) is 5.17 Å². The third-order valence-corrected chi connectivity index (χ3v) is 10.5. The lowest BCUT2D eigenvalue weighted by Gasteiger charge is -2.38. The standard InChI is InChI=1S/C32H39Cl2N4O4S/c1-20(2)26-27(29(41)38(17-5-6-21(38)3)31(42)36(15-18-39)16-19-40)43-30-35-32(4,23-9-13-25(34)14-10-23)28(37(26)30)22-7-11-24(33)12-8-22/h7-14,20-21,28,39-40H,5-6,15-19H2,1-4H3/q+1/t21-,28-,32+,38?/m1/s1. The lowest BCUT2D eigenvalue weighted by atomic mass is 9.81. The molecule has 0 spiro atoms. The number of aliphatic imine (C=N–C) groups is 1. The van der Waals surface area contributed by atoms with Gasteiger partial charge in [-0.25, -0.2) is 14.6 Å². The normalized spacial score (nSPS) is 26.7. The van der Waals surface area contributed by atoms with Gasteiger partial charge in [0.25, 0.3) is 0 Å². The average Bonchev–Trinajstić information content (AvgIpc) is 3.63. The summed E-state index contributed by atoms with van der Waals surface area (Å²) in [6.07, 6.45) is 1.46. The van der Waals surface area contributed by atoms with Crippen LogP contribution in [0.4, 0.5) is 4.79 Å². The summed E-state index contributed by atoms with van der Waals surface area (Å²) in [7, 11) is 0. The summed E-state index contributed by atoms with van der Waals surface area (Å²) in [4.78, 5) is 38.4. The maximum atomic E-state index is 14.8. The number of allylic oxidation sites excluding steroid dienone is 1. The Balaban J connectivity index is 1.65. The third kappa shape index (κ3) is 5.42. The highest BCUT2D eigenvalue weighted by Crippen LogP contribution is 2.57. The molecule has 5 rings (SSSR count). The maximum absolute atomic E-state index is 14.8. The summed E-state index contributed by atoms with van der Waals surface area (Å²) in [5.74, 6) is -0.301. The number of carbonyl (C=O) groups is 2. The molecule has 230 valence electrons. The molecule has 3 aliphatic rings. The van der Waals surface area contributed by atoms with Crippen LogP contribution in [0, 0.1) is 5.92 Å². The number of thioether (sulfide) groups is 1. The number of imide groups is 1. The number of carbonyl (C=O) groups excluding carboxylic acids is 2. The fraction of sp³-hybridized carbons (Fsp3) is 0.469. The molecule has 2 aromatic rings. The predicted octanol–water partition coefficient (Wildman–Crippen LogP) is 6.17. The Morgan fingerprint density at radius 1 is 1.07 bits per heavy atom. The van der Waals surface area contributed by atoms with E-state index < -0.39 is 5.54 Å². The number of fused-ring (bicyclic) bond motifs is 1. The number of hydrogen-bond donors (Lipinski definition) is 2. The maximum Gasteiger partial charge on any atom is 0.427 e. The zero-order chi connectivity index (χ0) is 31.1. The number of aliphatic hydroxyl groups excluding tert-OH is 2. The van der Waals surface area contributed by atoms with E-state index in [-0.39, 0.29) is 60.7 Å². The Bertz CT molecular complexity index is 1440. The van der Waals surface area contributed by atoms with Gasteiger partial charge >= 0.3 is 11.9 Å². The second-order valence-corrected chi connectivity index (χ2v) is 13.8. The summed E-state index contributed by atoms with van der Waals surface area (Å²) < 4.78 is -0.361.